The second-order valence-corrected chi connectivity index (χ2v) is 5.26. The Morgan fingerprint density at radius 1 is 1.18 bits per heavy atom. The molecule has 98 valence electrons. The van der Waals surface area contributed by atoms with Crippen LogP contribution in [0.3, 0.4) is 0 Å². The maximum Gasteiger partial charge on any atom is 0.226 e. The fraction of sp³-hybridized carbons (Fsp3) is 0.917. The van der Waals surface area contributed by atoms with Gasteiger partial charge in [-0.25, -0.2) is 0 Å². The number of β-amino-alcohol motifs (C(OH)–C–C–N with tert-alkyl or cyclic N) is 2. The molecule has 2 aliphatic rings. The minimum absolute atomic E-state index is 0.00810. The van der Waals surface area contributed by atoms with E-state index < -0.39 is 12.2 Å². The zero-order valence-electron chi connectivity index (χ0n) is 10.1. The van der Waals surface area contributed by atoms with Crippen LogP contribution < -0.4 is 5.73 Å². The smallest absolute Gasteiger partial charge is 0.226 e. The van der Waals surface area contributed by atoms with Crippen LogP contribution in [0.15, 0.2) is 0 Å². The molecule has 5 heteroatoms. The van der Waals surface area contributed by atoms with E-state index >= 15 is 0 Å². The first-order valence-corrected chi connectivity index (χ1v) is 6.48. The van der Waals surface area contributed by atoms with Crippen LogP contribution in [-0.4, -0.2) is 52.9 Å². The number of likely N-dealkylation sites (tertiary alicyclic amines) is 1. The van der Waals surface area contributed by atoms with E-state index in [0.717, 1.165) is 25.7 Å². The summed E-state index contributed by atoms with van der Waals surface area (Å²) >= 11 is 0. The number of rotatable bonds is 2. The molecule has 5 nitrogen and oxygen atoms in total. The van der Waals surface area contributed by atoms with Gasteiger partial charge < -0.3 is 20.8 Å². The number of amides is 1. The van der Waals surface area contributed by atoms with Crippen molar-refractivity contribution in [2.75, 3.05) is 19.6 Å². The lowest BCUT2D eigenvalue weighted by Crippen LogP contribution is -2.41. The molecule has 0 bridgehead atoms. The van der Waals surface area contributed by atoms with E-state index in [0.29, 0.717) is 6.54 Å². The number of carbonyl (C=O) groups is 1. The van der Waals surface area contributed by atoms with Gasteiger partial charge in [-0.05, 0) is 25.3 Å². The largest absolute Gasteiger partial charge is 0.388 e. The molecule has 1 saturated carbocycles. The number of nitrogens with zero attached hydrogens (tertiary/aromatic N) is 1. The number of aliphatic hydroxyl groups excluding tert-OH is 2. The van der Waals surface area contributed by atoms with Crippen LogP contribution in [0.2, 0.25) is 0 Å². The third kappa shape index (κ3) is 2.61. The van der Waals surface area contributed by atoms with Gasteiger partial charge in [0, 0.05) is 19.0 Å². The maximum absolute atomic E-state index is 12.3. The lowest BCUT2D eigenvalue weighted by atomic mass is 9.78. The molecular weight excluding hydrogens is 220 g/mol. The molecule has 0 aromatic heterocycles. The molecule has 1 amide bonds. The molecule has 1 heterocycles. The molecule has 2 fully saturated rings. The normalized spacial score (nSPS) is 38.4. The zero-order valence-corrected chi connectivity index (χ0v) is 10.1. The van der Waals surface area contributed by atoms with Gasteiger partial charge in [-0.3, -0.25) is 4.79 Å². The molecule has 0 aromatic rings. The number of nitrogens with two attached hydrogens (primary N) is 1. The van der Waals surface area contributed by atoms with Crippen LogP contribution in [0.5, 0.6) is 0 Å². The summed E-state index contributed by atoms with van der Waals surface area (Å²) in [6.07, 6.45) is 2.55. The number of aliphatic hydroxyl groups is 2. The molecule has 17 heavy (non-hydrogen) atoms. The standard InChI is InChI=1S/C12H22N2O3/c13-5-8-3-1-2-4-9(8)12(17)14-6-10(15)11(16)7-14/h8-11,15-16H,1-7,13H2. The Balaban J connectivity index is 1.99. The van der Waals surface area contributed by atoms with Crippen molar-refractivity contribution in [2.24, 2.45) is 17.6 Å². The Hall–Kier alpha value is -0.650. The van der Waals surface area contributed by atoms with Crippen molar-refractivity contribution >= 4 is 5.91 Å². The van der Waals surface area contributed by atoms with Gasteiger partial charge >= 0.3 is 0 Å². The average Bonchev–Trinajstić information content (AvgIpc) is 2.68. The van der Waals surface area contributed by atoms with Crippen LogP contribution >= 0.6 is 0 Å². The molecule has 4 unspecified atom stereocenters. The minimum atomic E-state index is -0.793. The molecule has 0 spiro atoms. The van der Waals surface area contributed by atoms with Crippen molar-refractivity contribution in [3.05, 3.63) is 0 Å². The van der Waals surface area contributed by atoms with Crippen LogP contribution in [0.4, 0.5) is 0 Å². The maximum atomic E-state index is 12.3. The summed E-state index contributed by atoms with van der Waals surface area (Å²) in [6, 6.07) is 0. The molecule has 0 aromatic carbocycles. The summed E-state index contributed by atoms with van der Waals surface area (Å²) < 4.78 is 0. The summed E-state index contributed by atoms with van der Waals surface area (Å²) in [5.41, 5.74) is 5.72. The van der Waals surface area contributed by atoms with Gasteiger partial charge in [0.1, 0.15) is 0 Å². The first kappa shape index (κ1) is 12.8. The lowest BCUT2D eigenvalue weighted by molar-refractivity contribution is -0.137. The van der Waals surface area contributed by atoms with E-state index in [1.807, 2.05) is 0 Å². The van der Waals surface area contributed by atoms with Crippen molar-refractivity contribution < 1.29 is 15.0 Å². The van der Waals surface area contributed by atoms with Crippen LogP contribution in [0, 0.1) is 11.8 Å². The molecule has 0 radical (unpaired) electrons. The highest BCUT2D eigenvalue weighted by Gasteiger charge is 2.38. The van der Waals surface area contributed by atoms with Gasteiger partial charge in [0.2, 0.25) is 5.91 Å². The molecule has 4 atom stereocenters. The minimum Gasteiger partial charge on any atom is -0.388 e. The second kappa shape index (κ2) is 5.33. The van der Waals surface area contributed by atoms with Crippen molar-refractivity contribution in [3.63, 3.8) is 0 Å². The van der Waals surface area contributed by atoms with Crippen LogP contribution in [0.25, 0.3) is 0 Å². The van der Waals surface area contributed by atoms with Crippen LogP contribution in [0.1, 0.15) is 25.7 Å². The third-order valence-electron chi connectivity index (χ3n) is 4.10. The van der Waals surface area contributed by atoms with Gasteiger partial charge in [-0.2, -0.15) is 0 Å². The van der Waals surface area contributed by atoms with E-state index in [1.54, 1.807) is 4.90 Å². The topological polar surface area (TPSA) is 86.8 Å². The first-order valence-electron chi connectivity index (χ1n) is 6.48. The van der Waals surface area contributed by atoms with Gasteiger partial charge in [0.15, 0.2) is 0 Å². The van der Waals surface area contributed by atoms with Crippen LogP contribution in [-0.2, 0) is 4.79 Å². The third-order valence-corrected chi connectivity index (χ3v) is 4.10. The van der Waals surface area contributed by atoms with Gasteiger partial charge in [-0.1, -0.05) is 12.8 Å². The van der Waals surface area contributed by atoms with E-state index in [9.17, 15) is 15.0 Å². The first-order chi connectivity index (χ1) is 8.13. The molecule has 2 rings (SSSR count). The highest BCUT2D eigenvalue weighted by atomic mass is 16.3. The summed E-state index contributed by atoms with van der Waals surface area (Å²) in [7, 11) is 0. The van der Waals surface area contributed by atoms with Gasteiger partial charge in [0.05, 0.1) is 12.2 Å². The second-order valence-electron chi connectivity index (χ2n) is 5.26. The van der Waals surface area contributed by atoms with E-state index in [2.05, 4.69) is 0 Å². The predicted octanol–water partition coefficient (Wildman–Crippen LogP) is -0.684. The van der Waals surface area contributed by atoms with E-state index in [-0.39, 0.29) is 30.8 Å². The highest BCUT2D eigenvalue weighted by molar-refractivity contribution is 5.79. The van der Waals surface area contributed by atoms with Crippen molar-refractivity contribution in [1.29, 1.82) is 0 Å². The average molecular weight is 242 g/mol. The number of hydrogen-bond acceptors (Lipinski definition) is 4. The Labute approximate surface area is 102 Å². The fourth-order valence-corrected chi connectivity index (χ4v) is 3.00. The molecule has 1 saturated heterocycles. The molecule has 1 aliphatic carbocycles. The SMILES string of the molecule is NCC1CCCCC1C(=O)N1CC(O)C(O)C1. The highest BCUT2D eigenvalue weighted by Crippen LogP contribution is 2.31. The zero-order chi connectivity index (χ0) is 12.4. The van der Waals surface area contributed by atoms with E-state index in [1.165, 1.54) is 0 Å². The molecular formula is C12H22N2O3. The summed E-state index contributed by atoms with van der Waals surface area (Å²) in [4.78, 5) is 13.9. The van der Waals surface area contributed by atoms with E-state index in [4.69, 9.17) is 5.73 Å². The van der Waals surface area contributed by atoms with Crippen molar-refractivity contribution in [3.8, 4) is 0 Å². The Bertz CT molecular complexity index is 275. The number of hydrogen-bond donors (Lipinski definition) is 3. The monoisotopic (exact) mass is 242 g/mol. The predicted molar refractivity (Wildman–Crippen MR) is 63.1 cm³/mol. The van der Waals surface area contributed by atoms with Gasteiger partial charge in [0.25, 0.3) is 0 Å². The van der Waals surface area contributed by atoms with Crippen molar-refractivity contribution in [1.82, 2.24) is 4.90 Å². The van der Waals surface area contributed by atoms with Gasteiger partial charge in [-0.15, -0.1) is 0 Å². The summed E-state index contributed by atoms with van der Waals surface area (Å²) in [5.74, 6) is 0.327. The lowest BCUT2D eigenvalue weighted by Gasteiger charge is -2.32. The number of carbonyl (C=O) groups excluding carboxylic acids is 1. The molecule has 4 N–H and O–H groups in total. The summed E-state index contributed by atoms with van der Waals surface area (Å²) in [5, 5.41) is 18.9. The summed E-state index contributed by atoms with van der Waals surface area (Å²) in [6.45, 7) is 1.07. The Kier molecular flexibility index (Phi) is 4.01. The Morgan fingerprint density at radius 3 is 2.35 bits per heavy atom. The molecule has 1 aliphatic heterocycles. The van der Waals surface area contributed by atoms with Crippen molar-refractivity contribution in [2.45, 2.75) is 37.9 Å². The Morgan fingerprint density at radius 2 is 1.76 bits per heavy atom. The fourth-order valence-electron chi connectivity index (χ4n) is 3.00. The quantitative estimate of drug-likeness (QED) is 0.598.